The number of piperidine rings is 1. The van der Waals surface area contributed by atoms with Crippen LogP contribution in [0, 0.1) is 11.8 Å². The predicted octanol–water partition coefficient (Wildman–Crippen LogP) is 3.71. The summed E-state index contributed by atoms with van der Waals surface area (Å²) < 4.78 is 5.36. The van der Waals surface area contributed by atoms with Crippen molar-refractivity contribution >= 4 is 5.91 Å². The van der Waals surface area contributed by atoms with E-state index in [0.29, 0.717) is 23.8 Å². The molecule has 2 aliphatic heterocycles. The fraction of sp³-hybridized carbons (Fsp3) is 0.520. The van der Waals surface area contributed by atoms with Crippen molar-refractivity contribution in [2.45, 2.75) is 44.2 Å². The lowest BCUT2D eigenvalue weighted by molar-refractivity contribution is -0.140. The average Bonchev–Trinajstić information content (AvgIpc) is 3.12. The minimum Gasteiger partial charge on any atom is -0.497 e. The topological polar surface area (TPSA) is 45.7 Å². The first-order chi connectivity index (χ1) is 14.7. The van der Waals surface area contributed by atoms with E-state index in [4.69, 9.17) is 4.74 Å². The van der Waals surface area contributed by atoms with Gasteiger partial charge in [-0.25, -0.2) is 0 Å². The summed E-state index contributed by atoms with van der Waals surface area (Å²) in [6.07, 6.45) is 8.22. The summed E-state index contributed by atoms with van der Waals surface area (Å²) >= 11 is 0. The smallest absolute Gasteiger partial charge is 0.225 e. The van der Waals surface area contributed by atoms with Crippen molar-refractivity contribution in [1.29, 1.82) is 0 Å². The van der Waals surface area contributed by atoms with Crippen molar-refractivity contribution in [3.8, 4) is 5.75 Å². The number of fused-ring (bicyclic) bond motifs is 1. The summed E-state index contributed by atoms with van der Waals surface area (Å²) in [6.45, 7) is 3.87. The van der Waals surface area contributed by atoms with Gasteiger partial charge in [-0.2, -0.15) is 0 Å². The second kappa shape index (κ2) is 8.38. The highest BCUT2D eigenvalue weighted by Gasteiger charge is 2.48. The number of pyridine rings is 1. The highest BCUT2D eigenvalue weighted by atomic mass is 16.5. The van der Waals surface area contributed by atoms with Gasteiger partial charge in [0.2, 0.25) is 5.91 Å². The lowest BCUT2D eigenvalue weighted by Gasteiger charge is -2.40. The largest absolute Gasteiger partial charge is 0.497 e. The summed E-state index contributed by atoms with van der Waals surface area (Å²) in [5.41, 5.74) is 2.59. The van der Waals surface area contributed by atoms with Gasteiger partial charge in [0.1, 0.15) is 5.75 Å². The van der Waals surface area contributed by atoms with Crippen molar-refractivity contribution in [2.75, 3.05) is 26.7 Å². The number of methoxy groups -OCH3 is 1. The molecule has 158 valence electrons. The third kappa shape index (κ3) is 3.71. The van der Waals surface area contributed by atoms with Crippen molar-refractivity contribution < 1.29 is 9.53 Å². The highest BCUT2D eigenvalue weighted by molar-refractivity contribution is 5.80. The zero-order valence-corrected chi connectivity index (χ0v) is 17.7. The van der Waals surface area contributed by atoms with Gasteiger partial charge in [0.05, 0.1) is 7.11 Å². The summed E-state index contributed by atoms with van der Waals surface area (Å²) in [5.74, 6) is 2.44. The number of carbonyl (C=O) groups excluding carboxylic acids is 1. The third-order valence-electron chi connectivity index (χ3n) is 7.43. The van der Waals surface area contributed by atoms with E-state index in [2.05, 4.69) is 45.1 Å². The van der Waals surface area contributed by atoms with Crippen molar-refractivity contribution in [3.63, 3.8) is 0 Å². The molecule has 2 saturated heterocycles. The molecule has 2 aromatic rings. The zero-order valence-electron chi connectivity index (χ0n) is 17.7. The van der Waals surface area contributed by atoms with Gasteiger partial charge in [0, 0.05) is 62.4 Å². The minimum absolute atomic E-state index is 0.272. The van der Waals surface area contributed by atoms with Gasteiger partial charge in [-0.05, 0) is 48.6 Å². The summed E-state index contributed by atoms with van der Waals surface area (Å²) in [4.78, 5) is 22.3. The molecule has 0 bridgehead atoms. The van der Waals surface area contributed by atoms with Gasteiger partial charge >= 0.3 is 0 Å². The lowest BCUT2D eigenvalue weighted by atomic mass is 9.81. The van der Waals surface area contributed by atoms with Crippen LogP contribution in [0.15, 0.2) is 48.8 Å². The van der Waals surface area contributed by atoms with Gasteiger partial charge in [-0.15, -0.1) is 0 Å². The molecule has 5 nitrogen and oxygen atoms in total. The quantitative estimate of drug-likeness (QED) is 0.761. The van der Waals surface area contributed by atoms with E-state index in [9.17, 15) is 4.79 Å². The van der Waals surface area contributed by atoms with Crippen LogP contribution in [-0.2, 0) is 11.3 Å². The Labute approximate surface area is 179 Å². The second-order valence-corrected chi connectivity index (χ2v) is 9.11. The Hall–Kier alpha value is -2.40. The van der Waals surface area contributed by atoms with Gasteiger partial charge in [0.15, 0.2) is 0 Å². The number of hydrogen-bond donors (Lipinski definition) is 0. The fourth-order valence-electron chi connectivity index (χ4n) is 5.55. The molecule has 0 unspecified atom stereocenters. The molecule has 1 aliphatic carbocycles. The molecule has 1 amide bonds. The van der Waals surface area contributed by atoms with E-state index < -0.39 is 0 Å². The van der Waals surface area contributed by atoms with Gasteiger partial charge in [0.25, 0.3) is 0 Å². The molecule has 1 saturated carbocycles. The number of amides is 1. The molecular formula is C25H31N3O2. The normalized spacial score (nSPS) is 26.8. The molecule has 3 aliphatic rings. The molecule has 0 N–H and O–H groups in total. The maximum Gasteiger partial charge on any atom is 0.225 e. The van der Waals surface area contributed by atoms with Crippen molar-refractivity contribution in [2.24, 2.45) is 11.8 Å². The summed E-state index contributed by atoms with van der Waals surface area (Å²) in [5, 5.41) is 0. The molecule has 30 heavy (non-hydrogen) atoms. The standard InChI is InChI=1S/C25H31N3O2/c1-30-21-9-7-19(8-10-21)22-17-28(25(29)20-5-2-6-20)24-11-13-27(16-23(22)24)15-18-4-3-12-26-14-18/h3-4,7-10,12,14,20,22-24H,2,5-6,11,13,15-17H2,1H3/t22-,23-,24-/m1/s1. The minimum atomic E-state index is 0.272. The van der Waals surface area contributed by atoms with Crippen LogP contribution in [0.1, 0.15) is 42.7 Å². The van der Waals surface area contributed by atoms with Gasteiger partial charge in [-0.3, -0.25) is 14.7 Å². The molecule has 3 atom stereocenters. The van der Waals surface area contributed by atoms with E-state index in [1.165, 1.54) is 17.5 Å². The van der Waals surface area contributed by atoms with E-state index in [-0.39, 0.29) is 5.92 Å². The van der Waals surface area contributed by atoms with Crippen LogP contribution in [0.4, 0.5) is 0 Å². The van der Waals surface area contributed by atoms with E-state index in [0.717, 1.165) is 51.2 Å². The van der Waals surface area contributed by atoms with Gasteiger partial charge < -0.3 is 9.64 Å². The monoisotopic (exact) mass is 405 g/mol. The Kier molecular flexibility index (Phi) is 5.47. The number of hydrogen-bond acceptors (Lipinski definition) is 4. The molecule has 1 aromatic carbocycles. The van der Waals surface area contributed by atoms with Crippen LogP contribution in [-0.4, -0.2) is 53.5 Å². The first-order valence-electron chi connectivity index (χ1n) is 11.3. The Morgan fingerprint density at radius 2 is 1.97 bits per heavy atom. The van der Waals surface area contributed by atoms with Crippen LogP contribution in [0.5, 0.6) is 5.75 Å². The van der Waals surface area contributed by atoms with Crippen molar-refractivity contribution in [1.82, 2.24) is 14.8 Å². The van der Waals surface area contributed by atoms with Gasteiger partial charge in [-0.1, -0.05) is 24.6 Å². The number of aromatic nitrogens is 1. The number of likely N-dealkylation sites (tertiary alicyclic amines) is 2. The molecule has 3 fully saturated rings. The number of benzene rings is 1. The maximum absolute atomic E-state index is 13.2. The lowest BCUT2D eigenvalue weighted by Crippen LogP contribution is -2.49. The van der Waals surface area contributed by atoms with Crippen LogP contribution in [0.25, 0.3) is 0 Å². The zero-order chi connectivity index (χ0) is 20.5. The van der Waals surface area contributed by atoms with Crippen LogP contribution in [0.3, 0.4) is 0 Å². The Balaban J connectivity index is 1.37. The van der Waals surface area contributed by atoms with E-state index in [1.54, 1.807) is 7.11 Å². The number of nitrogens with zero attached hydrogens (tertiary/aromatic N) is 3. The SMILES string of the molecule is COc1ccc([C@H]2CN(C(=O)C3CCC3)[C@@H]3CCN(Cc4cccnc4)C[C@H]23)cc1. The average molecular weight is 406 g/mol. The number of carbonyl (C=O) groups is 1. The molecule has 5 heteroatoms. The molecule has 3 heterocycles. The van der Waals surface area contributed by atoms with E-state index in [1.807, 2.05) is 18.5 Å². The highest BCUT2D eigenvalue weighted by Crippen LogP contribution is 2.44. The molecule has 0 radical (unpaired) electrons. The van der Waals surface area contributed by atoms with Crippen LogP contribution in [0.2, 0.25) is 0 Å². The summed E-state index contributed by atoms with van der Waals surface area (Å²) in [7, 11) is 1.71. The molecule has 1 aromatic heterocycles. The first kappa shape index (κ1) is 19.6. The predicted molar refractivity (Wildman–Crippen MR) is 116 cm³/mol. The first-order valence-corrected chi connectivity index (χ1v) is 11.3. The molecule has 0 spiro atoms. The Bertz CT molecular complexity index is 866. The maximum atomic E-state index is 13.2. The third-order valence-corrected chi connectivity index (χ3v) is 7.43. The molecular weight excluding hydrogens is 374 g/mol. The Morgan fingerprint density at radius 3 is 2.63 bits per heavy atom. The fourth-order valence-corrected chi connectivity index (χ4v) is 5.55. The van der Waals surface area contributed by atoms with Crippen LogP contribution >= 0.6 is 0 Å². The number of rotatable bonds is 5. The molecule has 5 rings (SSSR count). The number of ether oxygens (including phenoxy) is 1. The van der Waals surface area contributed by atoms with Crippen molar-refractivity contribution in [3.05, 3.63) is 59.9 Å². The summed E-state index contributed by atoms with van der Waals surface area (Å²) in [6, 6.07) is 13.0. The van der Waals surface area contributed by atoms with Crippen LogP contribution < -0.4 is 4.74 Å². The van der Waals surface area contributed by atoms with E-state index >= 15 is 0 Å². The Morgan fingerprint density at radius 1 is 1.13 bits per heavy atom. The second-order valence-electron chi connectivity index (χ2n) is 9.11.